The first-order valence-electron chi connectivity index (χ1n) is 11.1. The van der Waals surface area contributed by atoms with Crippen LogP contribution in [0.3, 0.4) is 0 Å². The number of hydrogen-bond acceptors (Lipinski definition) is 4. The number of unbranched alkanes of at least 4 members (excludes halogenated alkanes) is 4. The first-order chi connectivity index (χ1) is 14.2. The predicted molar refractivity (Wildman–Crippen MR) is 119 cm³/mol. The lowest BCUT2D eigenvalue weighted by atomic mass is 9.96. The molecule has 1 aliphatic heterocycles. The summed E-state index contributed by atoms with van der Waals surface area (Å²) >= 11 is 0. The Morgan fingerprint density at radius 1 is 1.07 bits per heavy atom. The Balaban J connectivity index is 1.44. The quantitative estimate of drug-likeness (QED) is 0.623. The van der Waals surface area contributed by atoms with Gasteiger partial charge < -0.3 is 10.2 Å². The van der Waals surface area contributed by atoms with E-state index in [0.717, 1.165) is 56.0 Å². The zero-order valence-electron chi connectivity index (χ0n) is 17.9. The van der Waals surface area contributed by atoms with E-state index in [2.05, 4.69) is 52.5 Å². The lowest BCUT2D eigenvalue weighted by molar-refractivity contribution is -0.125. The van der Waals surface area contributed by atoms with Crippen molar-refractivity contribution in [2.24, 2.45) is 5.92 Å². The SMILES string of the molecule is CCCCCCCNC(=O)C1CCN(c2ccc(-c3cccc(C)c3)nn2)CC1. The molecule has 0 radical (unpaired) electrons. The van der Waals surface area contributed by atoms with Crippen molar-refractivity contribution in [3.8, 4) is 11.3 Å². The van der Waals surface area contributed by atoms with Crippen LogP contribution in [0.4, 0.5) is 5.82 Å². The molecule has 1 fully saturated rings. The van der Waals surface area contributed by atoms with E-state index < -0.39 is 0 Å². The van der Waals surface area contributed by atoms with E-state index in [4.69, 9.17) is 0 Å². The van der Waals surface area contributed by atoms with Crippen LogP contribution in [0.25, 0.3) is 11.3 Å². The average Bonchev–Trinajstić information content (AvgIpc) is 2.76. The second-order valence-corrected chi connectivity index (χ2v) is 8.11. The highest BCUT2D eigenvalue weighted by atomic mass is 16.1. The molecule has 156 valence electrons. The Kier molecular flexibility index (Phi) is 8.03. The van der Waals surface area contributed by atoms with E-state index in [1.165, 1.54) is 31.2 Å². The third-order valence-corrected chi connectivity index (χ3v) is 5.73. The molecule has 2 aromatic rings. The first-order valence-corrected chi connectivity index (χ1v) is 11.1. The lowest BCUT2D eigenvalue weighted by Gasteiger charge is -2.31. The van der Waals surface area contributed by atoms with Crippen molar-refractivity contribution in [1.29, 1.82) is 0 Å². The molecule has 0 aliphatic carbocycles. The predicted octanol–water partition coefficient (Wildman–Crippen LogP) is 4.76. The normalized spacial score (nSPS) is 14.8. The van der Waals surface area contributed by atoms with Gasteiger partial charge in [0.15, 0.2) is 5.82 Å². The van der Waals surface area contributed by atoms with Gasteiger partial charge in [-0.05, 0) is 44.4 Å². The molecule has 0 spiro atoms. The van der Waals surface area contributed by atoms with Crippen LogP contribution < -0.4 is 10.2 Å². The molecule has 29 heavy (non-hydrogen) atoms. The molecule has 1 aliphatic rings. The smallest absolute Gasteiger partial charge is 0.223 e. The standard InChI is InChI=1S/C24H34N4O/c1-3-4-5-6-7-15-25-24(29)20-13-16-28(17-14-20)23-12-11-22(26-27-23)21-10-8-9-19(2)18-21/h8-12,18,20H,3-7,13-17H2,1-2H3,(H,25,29). The van der Waals surface area contributed by atoms with Gasteiger partial charge in [-0.2, -0.15) is 0 Å². The maximum absolute atomic E-state index is 12.4. The zero-order valence-corrected chi connectivity index (χ0v) is 17.9. The van der Waals surface area contributed by atoms with Gasteiger partial charge in [0.1, 0.15) is 0 Å². The second kappa shape index (κ2) is 10.9. The second-order valence-electron chi connectivity index (χ2n) is 8.11. The van der Waals surface area contributed by atoms with Crippen molar-refractivity contribution in [3.05, 3.63) is 42.0 Å². The largest absolute Gasteiger partial charge is 0.356 e. The van der Waals surface area contributed by atoms with Gasteiger partial charge in [0.05, 0.1) is 5.69 Å². The highest BCUT2D eigenvalue weighted by Crippen LogP contribution is 2.24. The number of benzene rings is 1. The number of aromatic nitrogens is 2. The number of anilines is 1. The number of nitrogens with zero attached hydrogens (tertiary/aromatic N) is 3. The van der Waals surface area contributed by atoms with Crippen molar-refractivity contribution in [3.63, 3.8) is 0 Å². The number of nitrogens with one attached hydrogen (secondary N) is 1. The highest BCUT2D eigenvalue weighted by Gasteiger charge is 2.25. The molecule has 5 heteroatoms. The van der Waals surface area contributed by atoms with Gasteiger partial charge >= 0.3 is 0 Å². The third-order valence-electron chi connectivity index (χ3n) is 5.73. The van der Waals surface area contributed by atoms with Crippen molar-refractivity contribution in [2.45, 2.75) is 58.8 Å². The third kappa shape index (κ3) is 6.28. The van der Waals surface area contributed by atoms with E-state index in [0.29, 0.717) is 0 Å². The fraction of sp³-hybridized carbons (Fsp3) is 0.542. The summed E-state index contributed by atoms with van der Waals surface area (Å²) in [5.74, 6) is 1.25. The molecule has 0 bridgehead atoms. The van der Waals surface area contributed by atoms with Gasteiger partial charge in [0.25, 0.3) is 0 Å². The number of carbonyl (C=O) groups excluding carboxylic acids is 1. The fourth-order valence-electron chi connectivity index (χ4n) is 3.91. The van der Waals surface area contributed by atoms with Crippen molar-refractivity contribution >= 4 is 11.7 Å². The van der Waals surface area contributed by atoms with Gasteiger partial charge in [0, 0.05) is 31.1 Å². The van der Waals surface area contributed by atoms with Crippen molar-refractivity contribution in [2.75, 3.05) is 24.5 Å². The van der Waals surface area contributed by atoms with Crippen molar-refractivity contribution < 1.29 is 4.79 Å². The number of carbonyl (C=O) groups is 1. The molecule has 1 amide bonds. The zero-order chi connectivity index (χ0) is 20.5. The van der Waals surface area contributed by atoms with Crippen LogP contribution in [0.1, 0.15) is 57.4 Å². The molecular formula is C24H34N4O. The van der Waals surface area contributed by atoms with Crippen LogP contribution in [0.15, 0.2) is 36.4 Å². The number of aryl methyl sites for hydroxylation is 1. The lowest BCUT2D eigenvalue weighted by Crippen LogP contribution is -2.41. The molecule has 0 atom stereocenters. The minimum Gasteiger partial charge on any atom is -0.356 e. The van der Waals surface area contributed by atoms with E-state index in [1.54, 1.807) is 0 Å². The monoisotopic (exact) mass is 394 g/mol. The van der Waals surface area contributed by atoms with Crippen LogP contribution in [0.2, 0.25) is 0 Å². The Bertz CT molecular complexity index is 767. The minimum atomic E-state index is 0.126. The fourth-order valence-corrected chi connectivity index (χ4v) is 3.91. The molecule has 1 N–H and O–H groups in total. The van der Waals surface area contributed by atoms with Gasteiger partial charge in [0.2, 0.25) is 5.91 Å². The summed E-state index contributed by atoms with van der Waals surface area (Å²) in [6, 6.07) is 12.4. The molecule has 0 saturated carbocycles. The highest BCUT2D eigenvalue weighted by molar-refractivity contribution is 5.78. The Morgan fingerprint density at radius 3 is 2.55 bits per heavy atom. The molecule has 2 heterocycles. The molecule has 0 unspecified atom stereocenters. The number of piperidine rings is 1. The van der Waals surface area contributed by atoms with Crippen molar-refractivity contribution in [1.82, 2.24) is 15.5 Å². The van der Waals surface area contributed by atoms with Gasteiger partial charge in [-0.3, -0.25) is 4.79 Å². The molecule has 5 nitrogen and oxygen atoms in total. The Hall–Kier alpha value is -2.43. The molecule has 1 saturated heterocycles. The van der Waals surface area contributed by atoms with Crippen LogP contribution in [0, 0.1) is 12.8 Å². The van der Waals surface area contributed by atoms with Crippen LogP contribution in [0.5, 0.6) is 0 Å². The summed E-state index contributed by atoms with van der Waals surface area (Å²) in [5, 5.41) is 12.0. The molecular weight excluding hydrogens is 360 g/mol. The molecule has 1 aromatic carbocycles. The van der Waals surface area contributed by atoms with Crippen LogP contribution in [-0.4, -0.2) is 35.7 Å². The Labute approximate surface area is 174 Å². The van der Waals surface area contributed by atoms with Gasteiger partial charge in [-0.25, -0.2) is 0 Å². The van der Waals surface area contributed by atoms with Crippen LogP contribution in [-0.2, 0) is 4.79 Å². The summed E-state index contributed by atoms with van der Waals surface area (Å²) in [4.78, 5) is 14.6. The van der Waals surface area contributed by atoms with Gasteiger partial charge in [-0.15, -0.1) is 10.2 Å². The van der Waals surface area contributed by atoms with Crippen LogP contribution >= 0.6 is 0 Å². The van der Waals surface area contributed by atoms with E-state index >= 15 is 0 Å². The van der Waals surface area contributed by atoms with Gasteiger partial charge in [-0.1, -0.05) is 56.4 Å². The minimum absolute atomic E-state index is 0.126. The summed E-state index contributed by atoms with van der Waals surface area (Å²) in [6.07, 6.45) is 7.88. The summed E-state index contributed by atoms with van der Waals surface area (Å²) in [5.41, 5.74) is 3.20. The average molecular weight is 395 g/mol. The van der Waals surface area contributed by atoms with E-state index in [1.807, 2.05) is 18.2 Å². The molecule has 1 aromatic heterocycles. The first kappa shape index (κ1) is 21.3. The number of rotatable bonds is 9. The summed E-state index contributed by atoms with van der Waals surface area (Å²) in [6.45, 7) is 6.82. The number of amides is 1. The molecule has 3 rings (SSSR count). The summed E-state index contributed by atoms with van der Waals surface area (Å²) < 4.78 is 0. The Morgan fingerprint density at radius 2 is 1.86 bits per heavy atom. The maximum atomic E-state index is 12.4. The number of hydrogen-bond donors (Lipinski definition) is 1. The summed E-state index contributed by atoms with van der Waals surface area (Å²) in [7, 11) is 0. The maximum Gasteiger partial charge on any atom is 0.223 e. The van der Waals surface area contributed by atoms with E-state index in [-0.39, 0.29) is 11.8 Å². The van der Waals surface area contributed by atoms with E-state index in [9.17, 15) is 4.79 Å². The topological polar surface area (TPSA) is 58.1 Å².